The molecular formula is C30H36N8O2. The standard InChI is InChI=1S/C30H36N8O2/c1-35(2)18-19-36(3)16-7-10-26(39)37-17-15-23(20-37)38-30-27(29(31)32-21-33-30)28(34-38)22-11-13-25(14-12-22)40-24-8-5-4-6-9-24/h4-14,21,23H,15-20H2,1-3H3,(H2,31,32,33)/b10-7+. The van der Waals surface area contributed by atoms with E-state index in [-0.39, 0.29) is 11.9 Å². The highest BCUT2D eigenvalue weighted by Crippen LogP contribution is 2.35. The number of likely N-dealkylation sites (N-methyl/N-ethyl adjacent to an activating group) is 2. The van der Waals surface area contributed by atoms with Gasteiger partial charge in [0, 0.05) is 44.4 Å². The Balaban J connectivity index is 1.30. The van der Waals surface area contributed by atoms with Crippen molar-refractivity contribution >= 4 is 22.8 Å². The van der Waals surface area contributed by atoms with Crippen molar-refractivity contribution in [3.63, 3.8) is 0 Å². The molecule has 0 radical (unpaired) electrons. The predicted octanol–water partition coefficient (Wildman–Crippen LogP) is 3.69. The summed E-state index contributed by atoms with van der Waals surface area (Å²) in [5.74, 6) is 1.89. The first-order valence-corrected chi connectivity index (χ1v) is 13.5. The normalized spacial score (nSPS) is 15.6. The number of rotatable bonds is 10. The molecular weight excluding hydrogens is 504 g/mol. The van der Waals surface area contributed by atoms with Crippen molar-refractivity contribution in [3.05, 3.63) is 73.1 Å². The summed E-state index contributed by atoms with van der Waals surface area (Å²) < 4.78 is 7.85. The van der Waals surface area contributed by atoms with Gasteiger partial charge in [-0.05, 0) is 64.0 Å². The number of hydrogen-bond acceptors (Lipinski definition) is 8. The van der Waals surface area contributed by atoms with E-state index in [1.807, 2.05) is 70.3 Å². The Kier molecular flexibility index (Phi) is 8.37. The van der Waals surface area contributed by atoms with Crippen LogP contribution in [-0.4, -0.2) is 94.2 Å². The van der Waals surface area contributed by atoms with Gasteiger partial charge in [-0.15, -0.1) is 0 Å². The Bertz CT molecular complexity index is 1470. The van der Waals surface area contributed by atoms with Gasteiger partial charge in [0.05, 0.1) is 11.4 Å². The number of nitrogens with two attached hydrogens (primary N) is 1. The molecule has 208 valence electrons. The molecule has 2 N–H and O–H groups in total. The molecule has 0 aliphatic carbocycles. The van der Waals surface area contributed by atoms with Crippen molar-refractivity contribution in [1.82, 2.24) is 34.4 Å². The quantitative estimate of drug-likeness (QED) is 0.304. The minimum absolute atomic E-state index is 0.00801. The van der Waals surface area contributed by atoms with E-state index in [1.165, 1.54) is 6.33 Å². The number of nitrogens with zero attached hydrogens (tertiary/aromatic N) is 7. The highest BCUT2D eigenvalue weighted by atomic mass is 16.5. The fourth-order valence-electron chi connectivity index (χ4n) is 4.80. The van der Waals surface area contributed by atoms with E-state index in [9.17, 15) is 4.79 Å². The smallest absolute Gasteiger partial charge is 0.246 e. The average molecular weight is 541 g/mol. The summed E-state index contributed by atoms with van der Waals surface area (Å²) in [5, 5.41) is 5.67. The molecule has 2 aromatic heterocycles. The fourth-order valence-corrected chi connectivity index (χ4v) is 4.80. The van der Waals surface area contributed by atoms with Crippen LogP contribution in [0.1, 0.15) is 12.5 Å². The molecule has 3 heterocycles. The summed E-state index contributed by atoms with van der Waals surface area (Å²) in [6.45, 7) is 3.87. The lowest BCUT2D eigenvalue weighted by Crippen LogP contribution is -2.30. The van der Waals surface area contributed by atoms with Gasteiger partial charge in [0.2, 0.25) is 5.91 Å². The second-order valence-corrected chi connectivity index (χ2v) is 10.4. The zero-order valence-corrected chi connectivity index (χ0v) is 23.3. The number of aromatic nitrogens is 4. The Morgan fingerprint density at radius 2 is 1.80 bits per heavy atom. The maximum absolute atomic E-state index is 12.9. The number of ether oxygens (including phenoxy) is 1. The lowest BCUT2D eigenvalue weighted by Gasteiger charge is -2.18. The number of benzene rings is 2. The molecule has 4 aromatic rings. The van der Waals surface area contributed by atoms with E-state index in [0.29, 0.717) is 35.6 Å². The molecule has 1 saturated heterocycles. The molecule has 0 saturated carbocycles. The van der Waals surface area contributed by atoms with Gasteiger partial charge >= 0.3 is 0 Å². The third-order valence-electron chi connectivity index (χ3n) is 7.05. The molecule has 0 bridgehead atoms. The summed E-state index contributed by atoms with van der Waals surface area (Å²) in [6.07, 6.45) is 5.86. The van der Waals surface area contributed by atoms with E-state index in [1.54, 1.807) is 6.08 Å². The number of likely N-dealkylation sites (tertiary alicyclic amines) is 1. The van der Waals surface area contributed by atoms with Crippen molar-refractivity contribution in [1.29, 1.82) is 0 Å². The van der Waals surface area contributed by atoms with E-state index < -0.39 is 0 Å². The number of fused-ring (bicyclic) bond motifs is 1. The topological polar surface area (TPSA) is 106 Å². The van der Waals surface area contributed by atoms with Crippen molar-refractivity contribution in [3.8, 4) is 22.8 Å². The summed E-state index contributed by atoms with van der Waals surface area (Å²) in [5.41, 5.74) is 8.59. The van der Waals surface area contributed by atoms with Crippen LogP contribution in [0.4, 0.5) is 5.82 Å². The van der Waals surface area contributed by atoms with Crippen LogP contribution in [-0.2, 0) is 4.79 Å². The van der Waals surface area contributed by atoms with Crippen LogP contribution in [0.15, 0.2) is 73.1 Å². The van der Waals surface area contributed by atoms with Crippen LogP contribution < -0.4 is 10.5 Å². The van der Waals surface area contributed by atoms with Gasteiger partial charge in [-0.25, -0.2) is 14.6 Å². The molecule has 5 rings (SSSR count). The highest BCUT2D eigenvalue weighted by molar-refractivity contribution is 5.98. The van der Waals surface area contributed by atoms with Crippen molar-refractivity contribution in [2.24, 2.45) is 0 Å². The average Bonchev–Trinajstić information content (AvgIpc) is 3.59. The zero-order chi connectivity index (χ0) is 28.1. The molecule has 0 spiro atoms. The lowest BCUT2D eigenvalue weighted by molar-refractivity contribution is -0.125. The van der Waals surface area contributed by atoms with E-state index in [2.05, 4.69) is 40.9 Å². The van der Waals surface area contributed by atoms with E-state index in [0.717, 1.165) is 43.1 Å². The van der Waals surface area contributed by atoms with Gasteiger partial charge in [0.1, 0.15) is 29.3 Å². The summed E-state index contributed by atoms with van der Waals surface area (Å²) in [4.78, 5) is 27.9. The molecule has 1 fully saturated rings. The number of hydrogen-bond donors (Lipinski definition) is 1. The Morgan fingerprint density at radius 3 is 2.55 bits per heavy atom. The van der Waals surface area contributed by atoms with Crippen LogP contribution in [0, 0.1) is 0 Å². The van der Waals surface area contributed by atoms with Gasteiger partial charge in [0.15, 0.2) is 5.65 Å². The minimum atomic E-state index is -0.00801. The molecule has 2 aromatic carbocycles. The van der Waals surface area contributed by atoms with Crippen molar-refractivity contribution < 1.29 is 9.53 Å². The second-order valence-electron chi connectivity index (χ2n) is 10.4. The van der Waals surface area contributed by atoms with Crippen LogP contribution >= 0.6 is 0 Å². The van der Waals surface area contributed by atoms with Crippen LogP contribution in [0.2, 0.25) is 0 Å². The molecule has 1 unspecified atom stereocenters. The lowest BCUT2D eigenvalue weighted by atomic mass is 10.1. The Labute approximate surface area is 234 Å². The molecule has 40 heavy (non-hydrogen) atoms. The number of anilines is 1. The van der Waals surface area contributed by atoms with Crippen molar-refractivity contribution in [2.75, 3.05) is 59.6 Å². The summed E-state index contributed by atoms with van der Waals surface area (Å²) >= 11 is 0. The number of carbonyl (C=O) groups excluding carboxylic acids is 1. The molecule has 1 aliphatic heterocycles. The largest absolute Gasteiger partial charge is 0.457 e. The zero-order valence-electron chi connectivity index (χ0n) is 23.3. The Morgan fingerprint density at radius 1 is 1.05 bits per heavy atom. The molecule has 10 heteroatoms. The monoisotopic (exact) mass is 540 g/mol. The molecule has 1 amide bonds. The SMILES string of the molecule is CN(C)CCN(C)C/C=C/C(=O)N1CCC(n2nc(-c3ccc(Oc4ccccc4)cc3)c3c(N)ncnc32)C1. The number of amides is 1. The van der Waals surface area contributed by atoms with Crippen molar-refractivity contribution in [2.45, 2.75) is 12.5 Å². The van der Waals surface area contributed by atoms with Gasteiger partial charge in [-0.3, -0.25) is 4.79 Å². The third-order valence-corrected chi connectivity index (χ3v) is 7.05. The van der Waals surface area contributed by atoms with Gasteiger partial charge in [0.25, 0.3) is 0 Å². The molecule has 10 nitrogen and oxygen atoms in total. The third kappa shape index (κ3) is 6.30. The summed E-state index contributed by atoms with van der Waals surface area (Å²) in [6, 6.07) is 17.4. The number of carbonyl (C=O) groups is 1. The van der Waals surface area contributed by atoms with Gasteiger partial charge in [-0.2, -0.15) is 5.10 Å². The molecule has 1 atom stereocenters. The highest BCUT2D eigenvalue weighted by Gasteiger charge is 2.30. The fraction of sp³-hybridized carbons (Fsp3) is 0.333. The van der Waals surface area contributed by atoms with E-state index in [4.69, 9.17) is 15.6 Å². The summed E-state index contributed by atoms with van der Waals surface area (Å²) in [7, 11) is 6.17. The maximum atomic E-state index is 12.9. The number of nitrogen functional groups attached to an aromatic ring is 1. The number of para-hydroxylation sites is 1. The van der Waals surface area contributed by atoms with Crippen LogP contribution in [0.5, 0.6) is 11.5 Å². The van der Waals surface area contributed by atoms with Crippen LogP contribution in [0.25, 0.3) is 22.3 Å². The maximum Gasteiger partial charge on any atom is 0.246 e. The van der Waals surface area contributed by atoms with E-state index >= 15 is 0 Å². The minimum Gasteiger partial charge on any atom is -0.457 e. The molecule has 1 aliphatic rings. The first-order valence-electron chi connectivity index (χ1n) is 13.5. The second kappa shape index (κ2) is 12.3. The Hall–Kier alpha value is -4.28. The van der Waals surface area contributed by atoms with Gasteiger partial charge in [-0.1, -0.05) is 24.3 Å². The first-order chi connectivity index (χ1) is 19.4. The predicted molar refractivity (Wildman–Crippen MR) is 157 cm³/mol. The van der Waals surface area contributed by atoms with Gasteiger partial charge < -0.3 is 25.2 Å². The van der Waals surface area contributed by atoms with Crippen LogP contribution in [0.3, 0.4) is 0 Å². The first kappa shape index (κ1) is 27.3.